The van der Waals surface area contributed by atoms with Gasteiger partial charge in [-0.3, -0.25) is 4.79 Å². The minimum atomic E-state index is -2.36. The Morgan fingerprint density at radius 3 is 2.00 bits per heavy atom. The number of carbonyl (C=O) groups excluding carboxylic acids is 1. The molecule has 0 aliphatic rings. The van der Waals surface area contributed by atoms with Gasteiger partial charge >= 0.3 is 0 Å². The third-order valence-electron chi connectivity index (χ3n) is 9.26. The lowest BCUT2D eigenvalue weighted by molar-refractivity contribution is -0.119. The molecule has 1 aromatic rings. The standard InChI is InChI=1S/C34H65NO6S2Si2/c1-32(2,3)45(12,13)41-27-29-24-28(14-17-34(6,7)44(10,11)37)25-30(26-29)35(18-19-39-22-23-40-21-20-38-8)31(36)15-16-33(4,5)43-42-9/h24-26,37H,14-23,27H2,1-13H3. The highest BCUT2D eigenvalue weighted by Crippen LogP contribution is 2.41. The lowest BCUT2D eigenvalue weighted by atomic mass is 9.99. The molecule has 0 spiro atoms. The third-order valence-corrected chi connectivity index (χ3v) is 20.0. The molecule has 0 aliphatic heterocycles. The Morgan fingerprint density at radius 2 is 1.44 bits per heavy atom. The van der Waals surface area contributed by atoms with Crippen LogP contribution >= 0.6 is 21.6 Å². The predicted molar refractivity (Wildman–Crippen MR) is 201 cm³/mol. The summed E-state index contributed by atoms with van der Waals surface area (Å²) in [5.41, 5.74) is 3.13. The zero-order valence-corrected chi connectivity index (χ0v) is 34.4. The average molecular weight is 704 g/mol. The van der Waals surface area contributed by atoms with Gasteiger partial charge in [0.05, 0.1) is 39.6 Å². The Hall–Kier alpha value is -0.376. The van der Waals surface area contributed by atoms with Crippen LogP contribution in [0.4, 0.5) is 5.69 Å². The molecule has 0 bridgehead atoms. The van der Waals surface area contributed by atoms with Crippen molar-refractivity contribution in [1.29, 1.82) is 0 Å². The Balaban J connectivity index is 3.36. The maximum absolute atomic E-state index is 13.9. The molecule has 262 valence electrons. The zero-order chi connectivity index (χ0) is 34.5. The molecule has 11 heteroatoms. The molecule has 0 saturated carbocycles. The van der Waals surface area contributed by atoms with Crippen molar-refractivity contribution in [3.63, 3.8) is 0 Å². The molecule has 0 heterocycles. The van der Waals surface area contributed by atoms with Crippen LogP contribution < -0.4 is 4.90 Å². The second-order valence-corrected chi connectivity index (χ2v) is 27.7. The van der Waals surface area contributed by atoms with Gasteiger partial charge in [0.25, 0.3) is 0 Å². The molecule has 45 heavy (non-hydrogen) atoms. The maximum Gasteiger partial charge on any atom is 0.227 e. The van der Waals surface area contributed by atoms with Crippen LogP contribution in [0.15, 0.2) is 18.2 Å². The first kappa shape index (κ1) is 42.6. The Kier molecular flexibility index (Phi) is 18.0. The maximum atomic E-state index is 13.9. The summed E-state index contributed by atoms with van der Waals surface area (Å²) in [6.45, 7) is 27.5. The minimum absolute atomic E-state index is 0.00657. The number of hydrogen-bond acceptors (Lipinski definition) is 8. The topological polar surface area (TPSA) is 77.5 Å². The van der Waals surface area contributed by atoms with E-state index < -0.39 is 16.6 Å². The number of nitrogens with zero attached hydrogens (tertiary/aromatic N) is 1. The van der Waals surface area contributed by atoms with Gasteiger partial charge in [-0.2, -0.15) is 0 Å². The van der Waals surface area contributed by atoms with E-state index in [1.807, 2.05) is 28.8 Å². The average Bonchev–Trinajstić information content (AvgIpc) is 2.92. The van der Waals surface area contributed by atoms with Crippen LogP contribution in [0.1, 0.15) is 78.9 Å². The van der Waals surface area contributed by atoms with Crippen molar-refractivity contribution < 1.29 is 28.2 Å². The molecular weight excluding hydrogens is 639 g/mol. The van der Waals surface area contributed by atoms with E-state index in [0.717, 1.165) is 36.1 Å². The number of ether oxygens (including phenoxy) is 3. The molecule has 1 rings (SSSR count). The second-order valence-electron chi connectivity index (χ2n) is 15.3. The Bertz CT molecular complexity index is 977. The number of hydrogen-bond donors (Lipinski definition) is 1. The quantitative estimate of drug-likeness (QED) is 0.0731. The van der Waals surface area contributed by atoms with Gasteiger partial charge in [0, 0.05) is 30.5 Å². The molecule has 0 fully saturated rings. The van der Waals surface area contributed by atoms with Gasteiger partial charge in [0.2, 0.25) is 5.91 Å². The first-order valence-electron chi connectivity index (χ1n) is 16.3. The number of aryl methyl sites for hydroxylation is 1. The molecule has 0 atom stereocenters. The van der Waals surface area contributed by atoms with E-state index in [1.54, 1.807) is 17.9 Å². The van der Waals surface area contributed by atoms with E-state index in [1.165, 1.54) is 0 Å². The highest BCUT2D eigenvalue weighted by Gasteiger charge is 2.38. The number of anilines is 1. The van der Waals surface area contributed by atoms with Crippen LogP contribution in [0.5, 0.6) is 0 Å². The summed E-state index contributed by atoms with van der Waals surface area (Å²) >= 11 is 0. The highest BCUT2D eigenvalue weighted by molar-refractivity contribution is 8.76. The summed E-state index contributed by atoms with van der Waals surface area (Å²) in [5.74, 6) is 0.0994. The van der Waals surface area contributed by atoms with Gasteiger partial charge in [0.15, 0.2) is 16.6 Å². The minimum Gasteiger partial charge on any atom is -0.432 e. The van der Waals surface area contributed by atoms with Crippen molar-refractivity contribution in [3.8, 4) is 0 Å². The van der Waals surface area contributed by atoms with Crippen molar-refractivity contribution in [2.24, 2.45) is 0 Å². The van der Waals surface area contributed by atoms with E-state index in [9.17, 15) is 9.59 Å². The van der Waals surface area contributed by atoms with Crippen molar-refractivity contribution in [2.45, 2.75) is 122 Å². The largest absolute Gasteiger partial charge is 0.432 e. The summed E-state index contributed by atoms with van der Waals surface area (Å²) in [5, 5.41) is -0.0426. The fourth-order valence-corrected chi connectivity index (χ4v) is 8.14. The van der Waals surface area contributed by atoms with E-state index in [4.69, 9.17) is 18.6 Å². The van der Waals surface area contributed by atoms with Gasteiger partial charge in [-0.15, -0.1) is 0 Å². The summed E-state index contributed by atoms with van der Waals surface area (Å²) < 4.78 is 23.1. The summed E-state index contributed by atoms with van der Waals surface area (Å²) in [6, 6.07) is 6.51. The van der Waals surface area contributed by atoms with Gasteiger partial charge < -0.3 is 28.3 Å². The SMILES string of the molecule is COCCOCCOCCN(C(=O)CCC(C)(C)SSC)c1cc(CCC(C)(C)[Si](C)(C)O)cc(CO[Si](C)(C)C(C)(C)C)c1. The number of benzene rings is 1. The van der Waals surface area contributed by atoms with Gasteiger partial charge in [-0.1, -0.05) is 62.3 Å². The van der Waals surface area contributed by atoms with E-state index in [2.05, 4.69) is 86.0 Å². The van der Waals surface area contributed by atoms with Crippen LogP contribution in [0.3, 0.4) is 0 Å². The van der Waals surface area contributed by atoms with Crippen LogP contribution in [-0.2, 0) is 36.5 Å². The number of rotatable bonds is 22. The summed E-state index contributed by atoms with van der Waals surface area (Å²) in [6.07, 6.45) is 5.01. The third kappa shape index (κ3) is 15.6. The van der Waals surface area contributed by atoms with Gasteiger partial charge in [0.1, 0.15) is 0 Å². The van der Waals surface area contributed by atoms with Crippen LogP contribution in [0.2, 0.25) is 36.3 Å². The highest BCUT2D eigenvalue weighted by atomic mass is 33.1. The number of carbonyl (C=O) groups is 1. The normalized spacial score (nSPS) is 13.4. The van der Waals surface area contributed by atoms with Gasteiger partial charge in [-0.25, -0.2) is 0 Å². The van der Waals surface area contributed by atoms with Crippen LogP contribution in [-0.4, -0.2) is 85.0 Å². The Morgan fingerprint density at radius 1 is 0.867 bits per heavy atom. The first-order valence-corrected chi connectivity index (χ1v) is 24.7. The molecular formula is C34H65NO6S2Si2. The molecule has 0 unspecified atom stereocenters. The number of methoxy groups -OCH3 is 1. The molecule has 1 aromatic carbocycles. The monoisotopic (exact) mass is 703 g/mol. The van der Waals surface area contributed by atoms with E-state index in [0.29, 0.717) is 52.6 Å². The van der Waals surface area contributed by atoms with Crippen LogP contribution in [0, 0.1) is 0 Å². The van der Waals surface area contributed by atoms with Gasteiger partial charge in [-0.05, 0) is 98.9 Å². The van der Waals surface area contributed by atoms with Crippen LogP contribution in [0.25, 0.3) is 0 Å². The molecule has 7 nitrogen and oxygen atoms in total. The first-order chi connectivity index (χ1) is 20.7. The predicted octanol–water partition coefficient (Wildman–Crippen LogP) is 8.70. The number of amides is 1. The van der Waals surface area contributed by atoms with Crippen molar-refractivity contribution in [3.05, 3.63) is 29.3 Å². The molecule has 1 N–H and O–H groups in total. The Labute approximate surface area is 285 Å². The van der Waals surface area contributed by atoms with Crippen molar-refractivity contribution in [2.75, 3.05) is 57.8 Å². The lowest BCUT2D eigenvalue weighted by Gasteiger charge is -2.36. The molecule has 0 aromatic heterocycles. The van der Waals surface area contributed by atoms with Crippen molar-refractivity contribution in [1.82, 2.24) is 0 Å². The molecule has 0 aliphatic carbocycles. The fraction of sp³-hybridized carbons (Fsp3) is 0.794. The zero-order valence-electron chi connectivity index (χ0n) is 30.8. The van der Waals surface area contributed by atoms with E-state index >= 15 is 0 Å². The summed E-state index contributed by atoms with van der Waals surface area (Å²) in [7, 11) is 0.864. The van der Waals surface area contributed by atoms with E-state index in [-0.39, 0.29) is 20.7 Å². The van der Waals surface area contributed by atoms with Crippen molar-refractivity contribution >= 4 is 49.8 Å². The molecule has 0 radical (unpaired) electrons. The molecule has 0 saturated heterocycles. The summed E-state index contributed by atoms with van der Waals surface area (Å²) in [4.78, 5) is 26.8. The smallest absolute Gasteiger partial charge is 0.227 e. The second kappa shape index (κ2) is 19.0. The lowest BCUT2D eigenvalue weighted by Crippen LogP contribution is -2.40. The molecule has 1 amide bonds. The fourth-order valence-electron chi connectivity index (χ4n) is 4.20.